The molecule has 1 aliphatic heterocycles. The van der Waals surface area contributed by atoms with Gasteiger partial charge in [-0.15, -0.1) is 0 Å². The molecule has 1 rings (SSSR count). The predicted molar refractivity (Wildman–Crippen MR) is 48.9 cm³/mol. The summed E-state index contributed by atoms with van der Waals surface area (Å²) in [4.78, 5) is 0. The van der Waals surface area contributed by atoms with E-state index in [1.807, 2.05) is 6.92 Å². The highest BCUT2D eigenvalue weighted by atomic mass is 19.1. The van der Waals surface area contributed by atoms with Crippen molar-refractivity contribution < 1.29 is 14.2 Å². The van der Waals surface area contributed by atoms with Gasteiger partial charge in [-0.3, -0.25) is 0 Å². The molecule has 2 nitrogen and oxygen atoms in total. The summed E-state index contributed by atoms with van der Waals surface area (Å²) in [5.41, 5.74) is -0.418. The van der Waals surface area contributed by atoms with Crippen molar-refractivity contribution in [2.24, 2.45) is 0 Å². The van der Waals surface area contributed by atoms with Crippen LogP contribution < -0.4 is 0 Å². The van der Waals surface area contributed by atoms with Gasteiger partial charge in [-0.1, -0.05) is 13.3 Å². The molecule has 0 fully saturated rings. The zero-order valence-electron chi connectivity index (χ0n) is 8.27. The Morgan fingerprint density at radius 1 is 1.62 bits per heavy atom. The quantitative estimate of drug-likeness (QED) is 0.734. The van der Waals surface area contributed by atoms with Gasteiger partial charge in [0.05, 0.1) is 0 Å². The predicted octanol–water partition coefficient (Wildman–Crippen LogP) is 2.53. The largest absolute Gasteiger partial charge is 0.486 e. The van der Waals surface area contributed by atoms with Gasteiger partial charge in [0.1, 0.15) is 18.0 Å². The van der Waals surface area contributed by atoms with Crippen LogP contribution in [0.15, 0.2) is 11.6 Å². The number of halogens is 1. The minimum absolute atomic E-state index is 0.124. The lowest BCUT2D eigenvalue weighted by atomic mass is 9.96. The number of hydrogen-bond donors (Lipinski definition) is 1. The van der Waals surface area contributed by atoms with Crippen LogP contribution in [0, 0.1) is 0 Å². The molecule has 0 saturated heterocycles. The molecule has 76 valence electrons. The van der Waals surface area contributed by atoms with Gasteiger partial charge in [-0.25, -0.2) is 4.39 Å². The molecule has 0 spiro atoms. The van der Waals surface area contributed by atoms with E-state index in [2.05, 4.69) is 6.92 Å². The van der Waals surface area contributed by atoms with Crippen LogP contribution in [-0.2, 0) is 4.74 Å². The molecule has 0 unspecified atom stereocenters. The second-order valence-corrected chi connectivity index (χ2v) is 3.82. The van der Waals surface area contributed by atoms with Crippen molar-refractivity contribution >= 4 is 0 Å². The maximum absolute atomic E-state index is 13.1. The van der Waals surface area contributed by atoms with Crippen molar-refractivity contribution in [3.05, 3.63) is 11.6 Å². The Morgan fingerprint density at radius 2 is 2.31 bits per heavy atom. The molecule has 1 heterocycles. The third-order valence-electron chi connectivity index (χ3n) is 2.40. The van der Waals surface area contributed by atoms with E-state index in [0.717, 1.165) is 19.3 Å². The minimum Gasteiger partial charge on any atom is -0.486 e. The minimum atomic E-state index is -0.418. The van der Waals surface area contributed by atoms with Crippen molar-refractivity contribution in [1.82, 2.24) is 0 Å². The van der Waals surface area contributed by atoms with E-state index in [-0.39, 0.29) is 18.2 Å². The van der Waals surface area contributed by atoms with E-state index in [4.69, 9.17) is 9.84 Å². The van der Waals surface area contributed by atoms with Crippen LogP contribution in [0.25, 0.3) is 0 Å². The molecule has 0 bridgehead atoms. The van der Waals surface area contributed by atoms with Gasteiger partial charge >= 0.3 is 0 Å². The molecule has 3 heteroatoms. The summed E-state index contributed by atoms with van der Waals surface area (Å²) in [7, 11) is 0. The SMILES string of the molecule is CCCC[C@@]1(C)CC(F)=C(CO)O1. The van der Waals surface area contributed by atoms with Gasteiger partial charge in [0, 0.05) is 6.42 Å². The van der Waals surface area contributed by atoms with E-state index in [0.29, 0.717) is 6.42 Å². The summed E-state index contributed by atoms with van der Waals surface area (Å²) in [5.74, 6) is -0.167. The fraction of sp³-hybridized carbons (Fsp3) is 0.800. The zero-order chi connectivity index (χ0) is 9.90. The molecule has 0 radical (unpaired) electrons. The van der Waals surface area contributed by atoms with Gasteiger partial charge < -0.3 is 9.84 Å². The lowest BCUT2D eigenvalue weighted by molar-refractivity contribution is 0.0193. The number of aliphatic hydroxyl groups excluding tert-OH is 1. The van der Waals surface area contributed by atoms with Crippen LogP contribution in [0.5, 0.6) is 0 Å². The Hall–Kier alpha value is -0.570. The fourth-order valence-corrected chi connectivity index (χ4v) is 1.62. The van der Waals surface area contributed by atoms with Crippen LogP contribution in [0.2, 0.25) is 0 Å². The molecule has 13 heavy (non-hydrogen) atoms. The van der Waals surface area contributed by atoms with Crippen molar-refractivity contribution in [2.75, 3.05) is 6.61 Å². The lowest BCUT2D eigenvalue weighted by Gasteiger charge is -2.24. The molecule has 0 saturated carbocycles. The number of unbranched alkanes of at least 4 members (excludes halogenated alkanes) is 1. The molecular weight excluding hydrogens is 171 g/mol. The van der Waals surface area contributed by atoms with E-state index >= 15 is 0 Å². The summed E-state index contributed by atoms with van der Waals surface area (Å²) in [5, 5.41) is 8.77. The molecule has 1 aliphatic rings. The third kappa shape index (κ3) is 2.44. The van der Waals surface area contributed by atoms with Crippen LogP contribution in [0.4, 0.5) is 4.39 Å². The average Bonchev–Trinajstić information content (AvgIpc) is 2.39. The van der Waals surface area contributed by atoms with E-state index in [1.165, 1.54) is 0 Å². The van der Waals surface area contributed by atoms with Crippen LogP contribution in [0.3, 0.4) is 0 Å². The van der Waals surface area contributed by atoms with Crippen LogP contribution in [-0.4, -0.2) is 17.3 Å². The Morgan fingerprint density at radius 3 is 2.77 bits per heavy atom. The topological polar surface area (TPSA) is 29.5 Å². The van der Waals surface area contributed by atoms with Crippen molar-refractivity contribution in [1.29, 1.82) is 0 Å². The molecular formula is C10H17FO2. The third-order valence-corrected chi connectivity index (χ3v) is 2.40. The van der Waals surface area contributed by atoms with E-state index in [1.54, 1.807) is 0 Å². The van der Waals surface area contributed by atoms with Crippen molar-refractivity contribution in [3.63, 3.8) is 0 Å². The van der Waals surface area contributed by atoms with Crippen LogP contribution in [0.1, 0.15) is 39.5 Å². The molecule has 1 atom stereocenters. The van der Waals surface area contributed by atoms with Gasteiger partial charge in [-0.05, 0) is 19.8 Å². The molecule has 0 amide bonds. The zero-order valence-corrected chi connectivity index (χ0v) is 8.27. The van der Waals surface area contributed by atoms with E-state index < -0.39 is 5.60 Å². The maximum atomic E-state index is 13.1. The first-order valence-corrected chi connectivity index (χ1v) is 4.78. The molecule has 0 aromatic heterocycles. The Labute approximate surface area is 78.4 Å². The van der Waals surface area contributed by atoms with Crippen LogP contribution >= 0.6 is 0 Å². The Bertz CT molecular complexity index is 213. The molecule has 0 aromatic rings. The molecule has 0 aromatic carbocycles. The average molecular weight is 188 g/mol. The van der Waals surface area contributed by atoms with Gasteiger partial charge in [0.2, 0.25) is 0 Å². The fourth-order valence-electron chi connectivity index (χ4n) is 1.62. The van der Waals surface area contributed by atoms with Crippen molar-refractivity contribution in [2.45, 2.75) is 45.1 Å². The highest BCUT2D eigenvalue weighted by Gasteiger charge is 2.36. The number of hydrogen-bond acceptors (Lipinski definition) is 2. The van der Waals surface area contributed by atoms with Gasteiger partial charge in [0.15, 0.2) is 5.76 Å². The van der Waals surface area contributed by atoms with E-state index in [9.17, 15) is 4.39 Å². The summed E-state index contributed by atoms with van der Waals surface area (Å²) < 4.78 is 18.5. The highest BCUT2D eigenvalue weighted by molar-refractivity contribution is 5.12. The standard InChI is InChI=1S/C10H17FO2/c1-3-4-5-10(2)6-8(11)9(7-12)13-10/h12H,3-7H2,1-2H3/t10-/m0/s1. The first-order chi connectivity index (χ1) is 6.11. The first kappa shape index (κ1) is 10.5. The summed E-state index contributed by atoms with van der Waals surface area (Å²) in [6.07, 6.45) is 3.26. The monoisotopic (exact) mass is 188 g/mol. The number of aliphatic hydroxyl groups is 1. The second-order valence-electron chi connectivity index (χ2n) is 3.82. The molecule has 1 N–H and O–H groups in total. The smallest absolute Gasteiger partial charge is 0.154 e. The normalized spacial score (nSPS) is 28.0. The first-order valence-electron chi connectivity index (χ1n) is 4.78. The summed E-state index contributed by atoms with van der Waals surface area (Å²) in [6.45, 7) is 3.66. The maximum Gasteiger partial charge on any atom is 0.154 e. The summed E-state index contributed by atoms with van der Waals surface area (Å²) >= 11 is 0. The van der Waals surface area contributed by atoms with Crippen molar-refractivity contribution in [3.8, 4) is 0 Å². The lowest BCUT2D eigenvalue weighted by Crippen LogP contribution is -2.24. The second kappa shape index (κ2) is 4.09. The highest BCUT2D eigenvalue weighted by Crippen LogP contribution is 2.37. The summed E-state index contributed by atoms with van der Waals surface area (Å²) in [6, 6.07) is 0. The molecule has 0 aliphatic carbocycles. The van der Waals surface area contributed by atoms with Gasteiger partial charge in [0.25, 0.3) is 0 Å². The van der Waals surface area contributed by atoms with Gasteiger partial charge in [-0.2, -0.15) is 0 Å². The number of rotatable bonds is 4. The Balaban J connectivity index is 2.50. The number of ether oxygens (including phenoxy) is 1. The Kier molecular flexibility index (Phi) is 3.31.